The highest BCUT2D eigenvalue weighted by atomic mass is 32.2. The number of nitrogens with zero attached hydrogens (tertiary/aromatic N) is 1. The molecule has 0 spiro atoms. The van der Waals surface area contributed by atoms with Gasteiger partial charge in [0.1, 0.15) is 5.82 Å². The molecule has 0 fully saturated rings. The molecule has 1 aromatic heterocycles. The molecule has 0 saturated heterocycles. The first-order valence-electron chi connectivity index (χ1n) is 3.63. The van der Waals surface area contributed by atoms with Crippen molar-refractivity contribution in [3.05, 3.63) is 18.3 Å². The van der Waals surface area contributed by atoms with Crippen molar-refractivity contribution < 1.29 is 8.42 Å². The van der Waals surface area contributed by atoms with Crippen LogP contribution in [-0.4, -0.2) is 26.7 Å². The zero-order valence-corrected chi connectivity index (χ0v) is 8.22. The minimum Gasteiger partial charge on any atom is -0.373 e. The highest BCUT2D eigenvalue weighted by Crippen LogP contribution is 2.09. The number of rotatable bonds is 3. The molecular weight excluding hydrogens is 190 g/mol. The van der Waals surface area contributed by atoms with Crippen molar-refractivity contribution >= 4 is 21.5 Å². The fraction of sp³-hybridized carbons (Fsp3) is 0.286. The van der Waals surface area contributed by atoms with Gasteiger partial charge in [-0.15, -0.1) is 0 Å². The Bertz CT molecular complexity index is 371. The van der Waals surface area contributed by atoms with Crippen molar-refractivity contribution in [3.8, 4) is 0 Å². The number of pyridine rings is 1. The van der Waals surface area contributed by atoms with Gasteiger partial charge in [0.25, 0.3) is 0 Å². The smallest absolute Gasteiger partial charge is 0.229 e. The van der Waals surface area contributed by atoms with Crippen molar-refractivity contribution in [2.75, 3.05) is 23.3 Å². The summed E-state index contributed by atoms with van der Waals surface area (Å²) in [6.45, 7) is 0. The van der Waals surface area contributed by atoms with E-state index in [2.05, 4.69) is 15.0 Å². The SMILES string of the molecule is CNc1ccc(NS(C)(=O)=O)cn1. The van der Waals surface area contributed by atoms with Gasteiger partial charge >= 0.3 is 0 Å². The third-order valence-electron chi connectivity index (χ3n) is 1.32. The van der Waals surface area contributed by atoms with Crippen LogP contribution < -0.4 is 10.0 Å². The van der Waals surface area contributed by atoms with E-state index in [0.29, 0.717) is 11.5 Å². The van der Waals surface area contributed by atoms with Crippen LogP contribution in [-0.2, 0) is 10.0 Å². The van der Waals surface area contributed by atoms with E-state index in [1.165, 1.54) is 6.20 Å². The molecule has 0 unspecified atom stereocenters. The maximum Gasteiger partial charge on any atom is 0.229 e. The van der Waals surface area contributed by atoms with Crippen LogP contribution in [0.25, 0.3) is 0 Å². The number of hydrogen-bond acceptors (Lipinski definition) is 4. The van der Waals surface area contributed by atoms with E-state index in [9.17, 15) is 8.42 Å². The minimum atomic E-state index is -3.21. The average molecular weight is 201 g/mol. The average Bonchev–Trinajstić information content (AvgIpc) is 2.03. The summed E-state index contributed by atoms with van der Waals surface area (Å²) in [5, 5.41) is 2.83. The molecule has 6 heteroatoms. The Labute approximate surface area is 77.2 Å². The lowest BCUT2D eigenvalue weighted by atomic mass is 10.4. The van der Waals surface area contributed by atoms with Crippen LogP contribution in [0.1, 0.15) is 0 Å². The summed E-state index contributed by atoms with van der Waals surface area (Å²) in [6.07, 6.45) is 2.55. The Morgan fingerprint density at radius 1 is 1.38 bits per heavy atom. The number of aromatic nitrogens is 1. The molecule has 0 aliphatic heterocycles. The monoisotopic (exact) mass is 201 g/mol. The van der Waals surface area contributed by atoms with E-state index in [4.69, 9.17) is 0 Å². The molecule has 13 heavy (non-hydrogen) atoms. The number of hydrogen-bond donors (Lipinski definition) is 2. The Morgan fingerprint density at radius 3 is 2.46 bits per heavy atom. The highest BCUT2D eigenvalue weighted by Gasteiger charge is 2.00. The standard InChI is InChI=1S/C7H11N3O2S/c1-8-7-4-3-6(5-9-7)10-13(2,11)12/h3-5,10H,1-2H3,(H,8,9). The predicted octanol–water partition coefficient (Wildman–Crippen LogP) is 0.495. The van der Waals surface area contributed by atoms with Gasteiger partial charge in [0.2, 0.25) is 10.0 Å². The lowest BCUT2D eigenvalue weighted by Crippen LogP contribution is -2.09. The predicted molar refractivity (Wildman–Crippen MR) is 52.3 cm³/mol. The van der Waals surface area contributed by atoms with Gasteiger partial charge in [0, 0.05) is 7.05 Å². The van der Waals surface area contributed by atoms with E-state index in [0.717, 1.165) is 6.26 Å². The summed E-state index contributed by atoms with van der Waals surface area (Å²) in [5.41, 5.74) is 0.460. The fourth-order valence-electron chi connectivity index (χ4n) is 0.816. The molecule has 1 rings (SSSR count). The third kappa shape index (κ3) is 3.29. The van der Waals surface area contributed by atoms with Gasteiger partial charge in [0.15, 0.2) is 0 Å². The second kappa shape index (κ2) is 3.61. The molecule has 2 N–H and O–H groups in total. The van der Waals surface area contributed by atoms with E-state index < -0.39 is 10.0 Å². The summed E-state index contributed by atoms with van der Waals surface area (Å²) in [6, 6.07) is 3.33. The van der Waals surface area contributed by atoms with E-state index in [1.807, 2.05) is 0 Å². The number of anilines is 2. The summed E-state index contributed by atoms with van der Waals surface area (Å²) < 4.78 is 23.9. The quantitative estimate of drug-likeness (QED) is 0.746. The molecule has 0 radical (unpaired) electrons. The molecule has 0 aliphatic rings. The van der Waals surface area contributed by atoms with Crippen LogP contribution >= 0.6 is 0 Å². The molecule has 72 valence electrons. The van der Waals surface area contributed by atoms with Crippen LogP contribution in [0.2, 0.25) is 0 Å². The van der Waals surface area contributed by atoms with Gasteiger partial charge in [0.05, 0.1) is 18.1 Å². The van der Waals surface area contributed by atoms with Crippen molar-refractivity contribution in [2.45, 2.75) is 0 Å². The van der Waals surface area contributed by atoms with Gasteiger partial charge < -0.3 is 5.32 Å². The van der Waals surface area contributed by atoms with Gasteiger partial charge in [-0.25, -0.2) is 13.4 Å². The van der Waals surface area contributed by atoms with Crippen molar-refractivity contribution in [3.63, 3.8) is 0 Å². The maximum absolute atomic E-state index is 10.8. The zero-order valence-electron chi connectivity index (χ0n) is 7.40. The van der Waals surface area contributed by atoms with Crippen molar-refractivity contribution in [1.29, 1.82) is 0 Å². The van der Waals surface area contributed by atoms with Crippen LogP contribution in [0.5, 0.6) is 0 Å². The number of nitrogens with one attached hydrogen (secondary N) is 2. The molecule has 0 amide bonds. The summed E-state index contributed by atoms with van der Waals surface area (Å²) in [4.78, 5) is 3.94. The molecule has 0 bridgehead atoms. The Kier molecular flexibility index (Phi) is 2.72. The molecule has 0 aliphatic carbocycles. The van der Waals surface area contributed by atoms with E-state index in [1.54, 1.807) is 19.2 Å². The first kappa shape index (κ1) is 9.79. The molecule has 0 aromatic carbocycles. The number of sulfonamides is 1. The first-order valence-corrected chi connectivity index (χ1v) is 5.52. The molecule has 0 atom stereocenters. The van der Waals surface area contributed by atoms with Crippen LogP contribution in [0.15, 0.2) is 18.3 Å². The van der Waals surface area contributed by atoms with Gasteiger partial charge in [-0.1, -0.05) is 0 Å². The van der Waals surface area contributed by atoms with Crippen LogP contribution in [0.4, 0.5) is 11.5 Å². The highest BCUT2D eigenvalue weighted by molar-refractivity contribution is 7.92. The second-order valence-corrected chi connectivity index (χ2v) is 4.30. The molecular formula is C7H11N3O2S. The van der Waals surface area contributed by atoms with E-state index in [-0.39, 0.29) is 0 Å². The first-order chi connectivity index (χ1) is 6.01. The van der Waals surface area contributed by atoms with Crippen molar-refractivity contribution in [2.24, 2.45) is 0 Å². The maximum atomic E-state index is 10.8. The Balaban J connectivity index is 2.81. The van der Waals surface area contributed by atoms with Gasteiger partial charge in [-0.3, -0.25) is 4.72 Å². The van der Waals surface area contributed by atoms with Crippen LogP contribution in [0.3, 0.4) is 0 Å². The lowest BCUT2D eigenvalue weighted by Gasteiger charge is -2.03. The van der Waals surface area contributed by atoms with Crippen molar-refractivity contribution in [1.82, 2.24) is 4.98 Å². The molecule has 0 saturated carbocycles. The summed E-state index contributed by atoms with van der Waals surface area (Å²) in [5.74, 6) is 0.694. The lowest BCUT2D eigenvalue weighted by molar-refractivity contribution is 0.607. The molecule has 1 aromatic rings. The van der Waals surface area contributed by atoms with E-state index >= 15 is 0 Å². The van der Waals surface area contributed by atoms with Gasteiger partial charge in [-0.05, 0) is 12.1 Å². The second-order valence-electron chi connectivity index (χ2n) is 2.56. The normalized spacial score (nSPS) is 10.9. The summed E-state index contributed by atoms with van der Waals surface area (Å²) >= 11 is 0. The fourth-order valence-corrected chi connectivity index (χ4v) is 1.37. The molecule has 5 nitrogen and oxygen atoms in total. The summed E-state index contributed by atoms with van der Waals surface area (Å²) in [7, 11) is -1.47. The minimum absolute atomic E-state index is 0.460. The topological polar surface area (TPSA) is 71.1 Å². The molecule has 1 heterocycles. The Hall–Kier alpha value is -1.30. The Morgan fingerprint density at radius 2 is 2.08 bits per heavy atom. The van der Waals surface area contributed by atoms with Gasteiger partial charge in [-0.2, -0.15) is 0 Å². The van der Waals surface area contributed by atoms with Crippen LogP contribution in [0, 0.1) is 0 Å². The third-order valence-corrected chi connectivity index (χ3v) is 1.93. The largest absolute Gasteiger partial charge is 0.373 e. The zero-order chi connectivity index (χ0) is 9.90.